The lowest BCUT2D eigenvalue weighted by molar-refractivity contribution is -0.121. The number of hydrogen-bond donors (Lipinski definition) is 1. The van der Waals surface area contributed by atoms with Crippen LogP contribution in [-0.4, -0.2) is 20.4 Å². The van der Waals surface area contributed by atoms with Crippen LogP contribution in [0.25, 0.3) is 21.5 Å². The molecule has 8 heteroatoms. The van der Waals surface area contributed by atoms with E-state index in [1.165, 1.54) is 16.9 Å². The first-order chi connectivity index (χ1) is 15.6. The van der Waals surface area contributed by atoms with E-state index in [1.54, 1.807) is 33.6 Å². The van der Waals surface area contributed by atoms with Crippen molar-refractivity contribution in [3.8, 4) is 11.3 Å². The summed E-state index contributed by atoms with van der Waals surface area (Å²) in [6, 6.07) is 8.06. The lowest BCUT2D eigenvalue weighted by atomic mass is 9.97. The molecule has 0 aliphatic heterocycles. The molecule has 0 bridgehead atoms. The Morgan fingerprint density at radius 2 is 2.00 bits per heavy atom. The van der Waals surface area contributed by atoms with Crippen molar-refractivity contribution in [3.05, 3.63) is 67.3 Å². The summed E-state index contributed by atoms with van der Waals surface area (Å²) in [5.41, 5.74) is 4.24. The summed E-state index contributed by atoms with van der Waals surface area (Å²) in [5, 5.41) is 6.81. The van der Waals surface area contributed by atoms with Crippen LogP contribution in [0.4, 0.5) is 0 Å². The predicted molar refractivity (Wildman–Crippen MR) is 129 cm³/mol. The maximum atomic E-state index is 13.0. The van der Waals surface area contributed by atoms with E-state index in [2.05, 4.69) is 15.3 Å². The van der Waals surface area contributed by atoms with Crippen molar-refractivity contribution in [2.24, 2.45) is 0 Å². The highest BCUT2D eigenvalue weighted by Crippen LogP contribution is 2.33. The SMILES string of the molecule is Cc1nc(-c2ccc(CNC(=O)CCn3cnc4sc5c(c4c3=O)CCCC5)cc2)cs1. The van der Waals surface area contributed by atoms with Gasteiger partial charge in [-0.05, 0) is 43.7 Å². The molecule has 1 aliphatic carbocycles. The molecule has 0 unspecified atom stereocenters. The fourth-order valence-electron chi connectivity index (χ4n) is 4.14. The van der Waals surface area contributed by atoms with Gasteiger partial charge in [-0.2, -0.15) is 0 Å². The largest absolute Gasteiger partial charge is 0.352 e. The van der Waals surface area contributed by atoms with Crippen molar-refractivity contribution >= 4 is 38.8 Å². The third kappa shape index (κ3) is 4.25. The summed E-state index contributed by atoms with van der Waals surface area (Å²) in [6.07, 6.45) is 6.13. The van der Waals surface area contributed by atoms with Crippen molar-refractivity contribution in [3.63, 3.8) is 0 Å². The summed E-state index contributed by atoms with van der Waals surface area (Å²) < 4.78 is 1.58. The number of carbonyl (C=O) groups excluding carboxylic acids is 1. The third-order valence-electron chi connectivity index (χ3n) is 5.88. The van der Waals surface area contributed by atoms with Crippen LogP contribution >= 0.6 is 22.7 Å². The van der Waals surface area contributed by atoms with Crippen LogP contribution in [0.2, 0.25) is 0 Å². The van der Waals surface area contributed by atoms with E-state index < -0.39 is 0 Å². The van der Waals surface area contributed by atoms with Crippen LogP contribution in [-0.2, 0) is 30.7 Å². The number of thiophene rings is 1. The average Bonchev–Trinajstić information content (AvgIpc) is 3.41. The van der Waals surface area contributed by atoms with E-state index in [9.17, 15) is 9.59 Å². The lowest BCUT2D eigenvalue weighted by Crippen LogP contribution is -2.27. The van der Waals surface area contributed by atoms with Gasteiger partial charge in [0.2, 0.25) is 5.91 Å². The van der Waals surface area contributed by atoms with Gasteiger partial charge < -0.3 is 5.32 Å². The Labute approximate surface area is 194 Å². The number of amides is 1. The van der Waals surface area contributed by atoms with Crippen LogP contribution in [0, 0.1) is 6.92 Å². The third-order valence-corrected chi connectivity index (χ3v) is 7.85. The van der Waals surface area contributed by atoms with E-state index in [0.29, 0.717) is 13.1 Å². The minimum absolute atomic E-state index is 0.0185. The van der Waals surface area contributed by atoms with Crippen molar-refractivity contribution < 1.29 is 4.79 Å². The first kappa shape index (κ1) is 21.0. The number of fused-ring (bicyclic) bond motifs is 3. The second kappa shape index (κ2) is 8.96. The minimum Gasteiger partial charge on any atom is -0.352 e. The molecular weight excluding hydrogens is 440 g/mol. The van der Waals surface area contributed by atoms with E-state index in [4.69, 9.17) is 0 Å². The van der Waals surface area contributed by atoms with Crippen molar-refractivity contribution in [2.75, 3.05) is 0 Å². The first-order valence-electron chi connectivity index (χ1n) is 10.9. The molecule has 0 atom stereocenters. The second-order valence-electron chi connectivity index (χ2n) is 8.11. The quantitative estimate of drug-likeness (QED) is 0.457. The number of thiazole rings is 1. The molecule has 1 aliphatic rings. The standard InChI is InChI=1S/C24H24N4O2S2/c1-15-27-19(13-31-15)17-8-6-16(7-9-17)12-25-21(29)10-11-28-14-26-23-22(24(28)30)18-4-2-3-5-20(18)32-23/h6-9,13-14H,2-5,10-12H2,1H3,(H,25,29). The van der Waals surface area contributed by atoms with Gasteiger partial charge in [-0.3, -0.25) is 14.2 Å². The predicted octanol–water partition coefficient (Wildman–Crippen LogP) is 4.48. The number of nitrogens with one attached hydrogen (secondary N) is 1. The van der Waals surface area contributed by atoms with Crippen LogP contribution < -0.4 is 10.9 Å². The smallest absolute Gasteiger partial charge is 0.262 e. The minimum atomic E-state index is -0.0800. The number of rotatable bonds is 6. The fourth-order valence-corrected chi connectivity index (χ4v) is 5.98. The summed E-state index contributed by atoms with van der Waals surface area (Å²) >= 11 is 3.28. The number of aromatic nitrogens is 3. The van der Waals surface area contributed by atoms with Crippen LogP contribution in [0.3, 0.4) is 0 Å². The maximum Gasteiger partial charge on any atom is 0.262 e. The highest BCUT2D eigenvalue weighted by atomic mass is 32.1. The van der Waals surface area contributed by atoms with Gasteiger partial charge >= 0.3 is 0 Å². The molecule has 4 aromatic rings. The topological polar surface area (TPSA) is 76.9 Å². The molecule has 164 valence electrons. The fraction of sp³-hybridized carbons (Fsp3) is 0.333. The Kier molecular flexibility index (Phi) is 5.89. The Morgan fingerprint density at radius 3 is 2.78 bits per heavy atom. The molecule has 1 N–H and O–H groups in total. The molecule has 6 nitrogen and oxygen atoms in total. The van der Waals surface area contributed by atoms with E-state index in [1.807, 2.05) is 36.6 Å². The number of aryl methyl sites for hydroxylation is 4. The molecule has 0 fully saturated rings. The molecular formula is C24H24N4O2S2. The average molecular weight is 465 g/mol. The monoisotopic (exact) mass is 464 g/mol. The van der Waals surface area contributed by atoms with Gasteiger partial charge in [-0.1, -0.05) is 24.3 Å². The summed E-state index contributed by atoms with van der Waals surface area (Å²) in [7, 11) is 0. The molecule has 0 saturated carbocycles. The van der Waals surface area contributed by atoms with Crippen LogP contribution in [0.15, 0.2) is 40.8 Å². The van der Waals surface area contributed by atoms with Crippen molar-refractivity contribution in [2.45, 2.75) is 52.1 Å². The molecule has 1 amide bonds. The zero-order valence-electron chi connectivity index (χ0n) is 17.9. The van der Waals surface area contributed by atoms with Crippen LogP contribution in [0.1, 0.15) is 40.3 Å². The molecule has 3 aromatic heterocycles. The van der Waals surface area contributed by atoms with Gasteiger partial charge in [0.25, 0.3) is 5.56 Å². The molecule has 0 spiro atoms. The summed E-state index contributed by atoms with van der Waals surface area (Å²) in [5.74, 6) is -0.0800. The Hall–Kier alpha value is -2.84. The van der Waals surface area contributed by atoms with Gasteiger partial charge in [0.15, 0.2) is 0 Å². The van der Waals surface area contributed by atoms with Gasteiger partial charge in [0.1, 0.15) is 4.83 Å². The molecule has 3 heterocycles. The van der Waals surface area contributed by atoms with Gasteiger partial charge in [-0.15, -0.1) is 22.7 Å². The molecule has 0 radical (unpaired) electrons. The van der Waals surface area contributed by atoms with Gasteiger partial charge in [0, 0.05) is 35.3 Å². The van der Waals surface area contributed by atoms with E-state index in [-0.39, 0.29) is 17.9 Å². The molecule has 0 saturated heterocycles. The lowest BCUT2D eigenvalue weighted by Gasteiger charge is -2.10. The van der Waals surface area contributed by atoms with Gasteiger partial charge in [0.05, 0.1) is 22.4 Å². The first-order valence-corrected chi connectivity index (χ1v) is 12.6. The normalized spacial score (nSPS) is 13.3. The van der Waals surface area contributed by atoms with Gasteiger partial charge in [-0.25, -0.2) is 9.97 Å². The van der Waals surface area contributed by atoms with Crippen LogP contribution in [0.5, 0.6) is 0 Å². The summed E-state index contributed by atoms with van der Waals surface area (Å²) in [4.78, 5) is 36.5. The number of carbonyl (C=O) groups is 1. The zero-order chi connectivity index (χ0) is 22.1. The number of hydrogen-bond acceptors (Lipinski definition) is 6. The number of nitrogens with zero attached hydrogens (tertiary/aromatic N) is 3. The Balaban J connectivity index is 1.19. The van der Waals surface area contributed by atoms with E-state index in [0.717, 1.165) is 51.3 Å². The Bertz CT molecular complexity index is 1330. The van der Waals surface area contributed by atoms with E-state index >= 15 is 0 Å². The van der Waals surface area contributed by atoms with Crippen molar-refractivity contribution in [1.29, 1.82) is 0 Å². The maximum absolute atomic E-state index is 13.0. The highest BCUT2D eigenvalue weighted by Gasteiger charge is 2.20. The Morgan fingerprint density at radius 1 is 1.19 bits per heavy atom. The van der Waals surface area contributed by atoms with Crippen molar-refractivity contribution in [1.82, 2.24) is 19.9 Å². The molecule has 1 aromatic carbocycles. The summed E-state index contributed by atoms with van der Waals surface area (Å²) in [6.45, 7) is 2.79. The zero-order valence-corrected chi connectivity index (χ0v) is 19.5. The molecule has 32 heavy (non-hydrogen) atoms. The molecule has 5 rings (SSSR count). The second-order valence-corrected chi connectivity index (χ2v) is 10.3. The highest BCUT2D eigenvalue weighted by molar-refractivity contribution is 7.18. The number of benzene rings is 1.